The maximum Gasteiger partial charge on any atom is 0.239 e. The molecule has 6 heteroatoms. The van der Waals surface area contributed by atoms with Crippen LogP contribution in [0.5, 0.6) is 0 Å². The van der Waals surface area contributed by atoms with Crippen LogP contribution in [-0.2, 0) is 10.2 Å². The van der Waals surface area contributed by atoms with Crippen LogP contribution in [0.2, 0.25) is 0 Å². The molecule has 1 fully saturated rings. The van der Waals surface area contributed by atoms with Gasteiger partial charge in [-0.25, -0.2) is 0 Å². The Kier molecular flexibility index (Phi) is 5.81. The molecule has 3 heterocycles. The summed E-state index contributed by atoms with van der Waals surface area (Å²) in [6, 6.07) is 16.5. The second kappa shape index (κ2) is 8.76. The van der Waals surface area contributed by atoms with Crippen LogP contribution in [0.4, 0.5) is 5.69 Å². The number of likely N-dealkylation sites (N-methyl/N-ethyl adjacent to an activating group) is 1. The zero-order chi connectivity index (χ0) is 23.0. The zero-order valence-electron chi connectivity index (χ0n) is 19.7. The quantitative estimate of drug-likeness (QED) is 0.617. The Morgan fingerprint density at radius 3 is 2.52 bits per heavy atom. The number of hydrogen-bond acceptors (Lipinski definition) is 5. The lowest BCUT2D eigenvalue weighted by Crippen LogP contribution is -2.45. The first-order chi connectivity index (χ1) is 16.0. The van der Waals surface area contributed by atoms with Crippen molar-refractivity contribution < 1.29 is 9.32 Å². The van der Waals surface area contributed by atoms with Crippen LogP contribution in [0.25, 0.3) is 11.1 Å². The van der Waals surface area contributed by atoms with Gasteiger partial charge in [-0.15, -0.1) is 0 Å². The van der Waals surface area contributed by atoms with E-state index in [1.807, 2.05) is 38.1 Å². The molecule has 1 saturated heterocycles. The van der Waals surface area contributed by atoms with Crippen LogP contribution in [0.1, 0.15) is 35.4 Å². The molecule has 5 rings (SSSR count). The number of hydrogen-bond donors (Lipinski definition) is 1. The molecule has 2 aromatic carbocycles. The van der Waals surface area contributed by atoms with E-state index in [0.29, 0.717) is 0 Å². The van der Waals surface area contributed by atoms with Gasteiger partial charge < -0.3 is 19.6 Å². The fourth-order valence-corrected chi connectivity index (χ4v) is 5.45. The van der Waals surface area contributed by atoms with Gasteiger partial charge in [0.15, 0.2) is 0 Å². The number of nitrogens with one attached hydrogen (secondary N) is 1. The molecule has 3 aromatic rings. The van der Waals surface area contributed by atoms with Crippen molar-refractivity contribution in [2.75, 3.05) is 45.1 Å². The van der Waals surface area contributed by atoms with Gasteiger partial charge in [-0.3, -0.25) is 4.79 Å². The van der Waals surface area contributed by atoms with Gasteiger partial charge >= 0.3 is 0 Å². The van der Waals surface area contributed by atoms with E-state index in [1.54, 1.807) is 0 Å². The first kappa shape index (κ1) is 21.9. The Morgan fingerprint density at radius 2 is 1.82 bits per heavy atom. The standard InChI is InChI=1S/C27H32N4O2/c1-19-25(20(2)33-29-19)21-10-11-24-23(18-21)27(26(32)28-24,22-8-5-4-6-9-22)12-7-13-31-16-14-30(3)15-17-31/h4-6,8-11,18H,7,12-17H2,1-3H3,(H,28,32). The Bertz CT molecular complexity index is 1130. The number of benzene rings is 2. The Balaban J connectivity index is 1.52. The minimum Gasteiger partial charge on any atom is -0.361 e. The van der Waals surface area contributed by atoms with Crippen LogP contribution in [0.3, 0.4) is 0 Å². The van der Waals surface area contributed by atoms with Crippen molar-refractivity contribution in [2.45, 2.75) is 32.1 Å². The molecule has 0 saturated carbocycles. The molecule has 1 aromatic heterocycles. The average molecular weight is 445 g/mol. The van der Waals surface area contributed by atoms with Crippen molar-refractivity contribution in [3.05, 3.63) is 71.1 Å². The predicted molar refractivity (Wildman–Crippen MR) is 130 cm³/mol. The second-order valence-corrected chi connectivity index (χ2v) is 9.43. The zero-order valence-corrected chi connectivity index (χ0v) is 19.7. The fourth-order valence-electron chi connectivity index (χ4n) is 5.45. The molecule has 1 atom stereocenters. The maximum atomic E-state index is 13.6. The van der Waals surface area contributed by atoms with Crippen LogP contribution in [0, 0.1) is 13.8 Å². The lowest BCUT2D eigenvalue weighted by Gasteiger charge is -2.34. The van der Waals surface area contributed by atoms with E-state index in [0.717, 1.165) is 85.0 Å². The highest BCUT2D eigenvalue weighted by Gasteiger charge is 2.48. The van der Waals surface area contributed by atoms with E-state index >= 15 is 0 Å². The summed E-state index contributed by atoms with van der Waals surface area (Å²) in [5, 5.41) is 7.32. The van der Waals surface area contributed by atoms with E-state index in [4.69, 9.17) is 4.52 Å². The number of piperazine rings is 1. The third-order valence-corrected chi connectivity index (χ3v) is 7.33. The highest BCUT2D eigenvalue weighted by molar-refractivity contribution is 6.09. The molecule has 0 radical (unpaired) electrons. The van der Waals surface area contributed by atoms with Crippen LogP contribution in [0.15, 0.2) is 53.1 Å². The van der Waals surface area contributed by atoms with Gasteiger partial charge in [0.25, 0.3) is 0 Å². The number of aromatic nitrogens is 1. The van der Waals surface area contributed by atoms with Crippen molar-refractivity contribution in [1.82, 2.24) is 15.0 Å². The number of carbonyl (C=O) groups is 1. The van der Waals surface area contributed by atoms with Gasteiger partial charge in [-0.1, -0.05) is 41.6 Å². The topological polar surface area (TPSA) is 61.6 Å². The molecule has 2 aliphatic heterocycles. The van der Waals surface area contributed by atoms with Gasteiger partial charge in [0.2, 0.25) is 5.91 Å². The lowest BCUT2D eigenvalue weighted by molar-refractivity contribution is -0.119. The van der Waals surface area contributed by atoms with Crippen molar-refractivity contribution in [1.29, 1.82) is 0 Å². The lowest BCUT2D eigenvalue weighted by atomic mass is 9.71. The Hall–Kier alpha value is -2.96. The third-order valence-electron chi connectivity index (χ3n) is 7.33. The van der Waals surface area contributed by atoms with Gasteiger partial charge in [-0.2, -0.15) is 0 Å². The molecule has 2 aliphatic rings. The fraction of sp³-hybridized carbons (Fsp3) is 0.407. The minimum absolute atomic E-state index is 0.0676. The number of rotatable bonds is 6. The monoisotopic (exact) mass is 444 g/mol. The van der Waals surface area contributed by atoms with Crippen LogP contribution >= 0.6 is 0 Å². The molecule has 33 heavy (non-hydrogen) atoms. The largest absolute Gasteiger partial charge is 0.361 e. The highest BCUT2D eigenvalue weighted by atomic mass is 16.5. The van der Waals surface area contributed by atoms with Crippen molar-refractivity contribution in [3.63, 3.8) is 0 Å². The molecule has 1 N–H and O–H groups in total. The van der Waals surface area contributed by atoms with E-state index in [-0.39, 0.29) is 5.91 Å². The molecule has 6 nitrogen and oxygen atoms in total. The first-order valence-electron chi connectivity index (χ1n) is 11.8. The summed E-state index contributed by atoms with van der Waals surface area (Å²) in [5.41, 5.74) is 5.23. The Morgan fingerprint density at radius 1 is 1.06 bits per heavy atom. The van der Waals surface area contributed by atoms with Crippen molar-refractivity contribution in [2.24, 2.45) is 0 Å². The van der Waals surface area contributed by atoms with Crippen LogP contribution in [-0.4, -0.2) is 60.6 Å². The van der Waals surface area contributed by atoms with Gasteiger partial charge in [0, 0.05) is 37.4 Å². The smallest absolute Gasteiger partial charge is 0.239 e. The molecule has 0 aliphatic carbocycles. The molecule has 0 bridgehead atoms. The van der Waals surface area contributed by atoms with Gasteiger partial charge in [0.05, 0.1) is 5.69 Å². The van der Waals surface area contributed by atoms with E-state index < -0.39 is 5.41 Å². The molecule has 1 amide bonds. The first-order valence-corrected chi connectivity index (χ1v) is 11.8. The third kappa shape index (κ3) is 3.87. The van der Waals surface area contributed by atoms with E-state index in [1.165, 1.54) is 0 Å². The van der Waals surface area contributed by atoms with Gasteiger partial charge in [0.1, 0.15) is 11.2 Å². The molecule has 172 valence electrons. The summed E-state index contributed by atoms with van der Waals surface area (Å²) in [6.07, 6.45) is 1.73. The molecule has 1 unspecified atom stereocenters. The number of carbonyl (C=O) groups excluding carboxylic acids is 1. The average Bonchev–Trinajstić information content (AvgIpc) is 3.31. The number of fused-ring (bicyclic) bond motifs is 1. The molecule has 0 spiro atoms. The summed E-state index contributed by atoms with van der Waals surface area (Å²) in [7, 11) is 2.18. The SMILES string of the molecule is Cc1noc(C)c1-c1ccc2c(c1)C(CCCN1CCN(C)CC1)(c1ccccc1)C(=O)N2. The second-order valence-electron chi connectivity index (χ2n) is 9.43. The van der Waals surface area contributed by atoms with Crippen molar-refractivity contribution in [3.8, 4) is 11.1 Å². The summed E-state index contributed by atoms with van der Waals surface area (Å²) < 4.78 is 5.42. The normalized spacial score (nSPS) is 21.2. The van der Waals surface area contributed by atoms with Crippen molar-refractivity contribution >= 4 is 11.6 Å². The Labute approximate surface area is 195 Å². The summed E-state index contributed by atoms with van der Waals surface area (Å²) in [5.74, 6) is 0.864. The summed E-state index contributed by atoms with van der Waals surface area (Å²) in [6.45, 7) is 9.30. The highest BCUT2D eigenvalue weighted by Crippen LogP contribution is 2.47. The summed E-state index contributed by atoms with van der Waals surface area (Å²) in [4.78, 5) is 18.5. The molecular formula is C27H32N4O2. The maximum absolute atomic E-state index is 13.6. The summed E-state index contributed by atoms with van der Waals surface area (Å²) >= 11 is 0. The van der Waals surface area contributed by atoms with Crippen LogP contribution < -0.4 is 5.32 Å². The van der Waals surface area contributed by atoms with Gasteiger partial charge in [-0.05, 0) is 69.1 Å². The molecular weight excluding hydrogens is 412 g/mol. The van der Waals surface area contributed by atoms with E-state index in [9.17, 15) is 4.79 Å². The minimum atomic E-state index is -0.696. The predicted octanol–water partition coefficient (Wildman–Crippen LogP) is 4.22. The number of anilines is 1. The number of aryl methyl sites for hydroxylation is 2. The number of nitrogens with zero attached hydrogens (tertiary/aromatic N) is 3. The number of amides is 1. The van der Waals surface area contributed by atoms with E-state index in [2.05, 4.69) is 51.6 Å².